The molecule has 0 atom stereocenters. The van der Waals surface area contributed by atoms with Gasteiger partial charge in [-0.3, -0.25) is 14.6 Å². The van der Waals surface area contributed by atoms with E-state index in [2.05, 4.69) is 20.4 Å². The molecule has 0 radical (unpaired) electrons. The summed E-state index contributed by atoms with van der Waals surface area (Å²) >= 11 is 6.21. The van der Waals surface area contributed by atoms with Gasteiger partial charge in [0.1, 0.15) is 5.75 Å². The van der Waals surface area contributed by atoms with Crippen LogP contribution in [-0.2, 0) is 13.0 Å². The average Bonchev–Trinajstić information content (AvgIpc) is 3.07. The normalized spacial score (nSPS) is 10.7. The van der Waals surface area contributed by atoms with Crippen molar-refractivity contribution in [1.82, 2.24) is 25.1 Å². The molecule has 9 heteroatoms. The molecule has 0 aliphatic heterocycles. The molecular weight excluding hydrogens is 382 g/mol. The third-order valence-electron chi connectivity index (χ3n) is 4.32. The minimum atomic E-state index is -0.320. The number of hydrogen-bond donors (Lipinski definition) is 2. The van der Waals surface area contributed by atoms with E-state index in [-0.39, 0.29) is 24.0 Å². The maximum atomic E-state index is 12.6. The Morgan fingerprint density at radius 3 is 2.89 bits per heavy atom. The smallest absolute Gasteiger partial charge is 0.255 e. The predicted octanol–water partition coefficient (Wildman–Crippen LogP) is 2.42. The summed E-state index contributed by atoms with van der Waals surface area (Å²) in [5.41, 5.74) is 1.99. The summed E-state index contributed by atoms with van der Waals surface area (Å²) in [5, 5.41) is 7.53. The van der Waals surface area contributed by atoms with Gasteiger partial charge in [-0.2, -0.15) is 5.10 Å². The van der Waals surface area contributed by atoms with Crippen LogP contribution in [0.5, 0.6) is 5.75 Å². The number of rotatable bonds is 6. The molecule has 0 bridgehead atoms. The van der Waals surface area contributed by atoms with Crippen molar-refractivity contribution in [2.45, 2.75) is 26.8 Å². The number of aromatic nitrogens is 4. The number of amides is 1. The molecule has 8 nitrogen and oxygen atoms in total. The van der Waals surface area contributed by atoms with E-state index >= 15 is 0 Å². The SMILES string of the molecule is CCc1cc(=O)[nH]c(-n2ncc(C(=O)NCc3c(Cl)cccc3OC)c2C)n1. The average molecular weight is 402 g/mol. The van der Waals surface area contributed by atoms with Gasteiger partial charge in [0.2, 0.25) is 5.95 Å². The lowest BCUT2D eigenvalue weighted by Crippen LogP contribution is -2.24. The van der Waals surface area contributed by atoms with Gasteiger partial charge in [-0.05, 0) is 25.5 Å². The van der Waals surface area contributed by atoms with Gasteiger partial charge in [-0.1, -0.05) is 24.6 Å². The Bertz CT molecular complexity index is 1070. The van der Waals surface area contributed by atoms with Crippen LogP contribution in [0.1, 0.15) is 34.2 Å². The van der Waals surface area contributed by atoms with Crippen molar-refractivity contribution in [3.05, 3.63) is 68.4 Å². The van der Waals surface area contributed by atoms with Crippen LogP contribution in [0.4, 0.5) is 0 Å². The Kier molecular flexibility index (Phi) is 5.79. The van der Waals surface area contributed by atoms with Gasteiger partial charge in [0.15, 0.2) is 0 Å². The molecule has 0 fully saturated rings. The van der Waals surface area contributed by atoms with Crippen LogP contribution in [0, 0.1) is 6.92 Å². The molecule has 0 saturated carbocycles. The molecule has 28 heavy (non-hydrogen) atoms. The first-order valence-electron chi connectivity index (χ1n) is 8.69. The molecule has 2 heterocycles. The van der Waals surface area contributed by atoms with Crippen LogP contribution < -0.4 is 15.6 Å². The number of ether oxygens (including phenoxy) is 1. The molecule has 0 aliphatic carbocycles. The van der Waals surface area contributed by atoms with Crippen molar-refractivity contribution in [2.75, 3.05) is 7.11 Å². The zero-order valence-corrected chi connectivity index (χ0v) is 16.5. The molecule has 3 rings (SSSR count). The number of benzene rings is 1. The summed E-state index contributed by atoms with van der Waals surface area (Å²) in [7, 11) is 1.54. The first kappa shape index (κ1) is 19.6. The predicted molar refractivity (Wildman–Crippen MR) is 105 cm³/mol. The summed E-state index contributed by atoms with van der Waals surface area (Å²) in [6, 6.07) is 6.72. The van der Waals surface area contributed by atoms with Crippen LogP contribution in [0.2, 0.25) is 5.02 Å². The van der Waals surface area contributed by atoms with E-state index in [9.17, 15) is 9.59 Å². The highest BCUT2D eigenvalue weighted by Gasteiger charge is 2.17. The molecule has 2 N–H and O–H groups in total. The Hall–Kier alpha value is -3.13. The van der Waals surface area contributed by atoms with E-state index < -0.39 is 0 Å². The fourth-order valence-electron chi connectivity index (χ4n) is 2.79. The maximum absolute atomic E-state index is 12.6. The number of halogens is 1. The molecule has 146 valence electrons. The molecule has 0 aliphatic rings. The maximum Gasteiger partial charge on any atom is 0.255 e. The number of carbonyl (C=O) groups is 1. The largest absolute Gasteiger partial charge is 0.496 e. The number of methoxy groups -OCH3 is 1. The van der Waals surface area contributed by atoms with Crippen LogP contribution in [0.15, 0.2) is 35.3 Å². The molecule has 2 aromatic heterocycles. The lowest BCUT2D eigenvalue weighted by atomic mass is 10.2. The fraction of sp³-hybridized carbons (Fsp3) is 0.263. The fourth-order valence-corrected chi connectivity index (χ4v) is 3.02. The molecular formula is C19H20ClN5O3. The van der Waals surface area contributed by atoms with E-state index in [1.165, 1.54) is 16.9 Å². The molecule has 0 unspecified atom stereocenters. The number of carbonyl (C=O) groups excluding carboxylic acids is 1. The van der Waals surface area contributed by atoms with Crippen molar-refractivity contribution in [2.24, 2.45) is 0 Å². The first-order valence-corrected chi connectivity index (χ1v) is 9.07. The summed E-state index contributed by atoms with van der Waals surface area (Å²) in [5.74, 6) is 0.548. The standard InChI is InChI=1S/C19H20ClN5O3/c1-4-12-8-17(26)24-19(23-12)25-11(2)13(10-22-25)18(27)21-9-14-15(20)6-5-7-16(14)28-3/h5-8,10H,4,9H2,1-3H3,(H,21,27)(H,23,24,26). The molecule has 3 aromatic rings. The van der Waals surface area contributed by atoms with Gasteiger partial charge in [0.05, 0.1) is 24.6 Å². The Morgan fingerprint density at radius 1 is 1.39 bits per heavy atom. The molecule has 1 aromatic carbocycles. The zero-order valence-electron chi connectivity index (χ0n) is 15.7. The van der Waals surface area contributed by atoms with E-state index in [0.717, 1.165) is 0 Å². The highest BCUT2D eigenvalue weighted by molar-refractivity contribution is 6.31. The Labute approximate surface area is 166 Å². The number of H-pyrrole nitrogens is 1. The van der Waals surface area contributed by atoms with Crippen LogP contribution >= 0.6 is 11.6 Å². The van der Waals surface area contributed by atoms with Gasteiger partial charge < -0.3 is 10.1 Å². The second kappa shape index (κ2) is 8.26. The van der Waals surface area contributed by atoms with Gasteiger partial charge in [0, 0.05) is 28.9 Å². The summed E-state index contributed by atoms with van der Waals surface area (Å²) in [4.78, 5) is 31.5. The highest BCUT2D eigenvalue weighted by atomic mass is 35.5. The van der Waals surface area contributed by atoms with Crippen molar-refractivity contribution >= 4 is 17.5 Å². The summed E-state index contributed by atoms with van der Waals surface area (Å²) in [6.45, 7) is 3.84. The number of nitrogens with zero attached hydrogens (tertiary/aromatic N) is 3. The van der Waals surface area contributed by atoms with Gasteiger partial charge >= 0.3 is 0 Å². The molecule has 0 saturated heterocycles. The van der Waals surface area contributed by atoms with E-state index in [1.54, 1.807) is 32.2 Å². The Morgan fingerprint density at radius 2 is 2.18 bits per heavy atom. The van der Waals surface area contributed by atoms with E-state index in [0.29, 0.717) is 39.7 Å². The van der Waals surface area contributed by atoms with Gasteiger partial charge in [-0.15, -0.1) is 0 Å². The second-order valence-electron chi connectivity index (χ2n) is 6.07. The molecule has 0 spiro atoms. The third kappa shape index (κ3) is 3.91. The topological polar surface area (TPSA) is 102 Å². The number of aromatic amines is 1. The van der Waals surface area contributed by atoms with Crippen molar-refractivity contribution < 1.29 is 9.53 Å². The number of aryl methyl sites for hydroxylation is 1. The van der Waals surface area contributed by atoms with Gasteiger partial charge in [-0.25, -0.2) is 9.67 Å². The van der Waals surface area contributed by atoms with Crippen molar-refractivity contribution in [3.8, 4) is 11.7 Å². The van der Waals surface area contributed by atoms with Crippen LogP contribution in [0.3, 0.4) is 0 Å². The monoisotopic (exact) mass is 401 g/mol. The summed E-state index contributed by atoms with van der Waals surface area (Å²) in [6.07, 6.45) is 2.05. The quantitative estimate of drug-likeness (QED) is 0.660. The van der Waals surface area contributed by atoms with Gasteiger partial charge in [0.25, 0.3) is 11.5 Å². The minimum absolute atomic E-state index is 0.201. The van der Waals surface area contributed by atoms with E-state index in [4.69, 9.17) is 16.3 Å². The van der Waals surface area contributed by atoms with Crippen molar-refractivity contribution in [3.63, 3.8) is 0 Å². The van der Waals surface area contributed by atoms with Crippen molar-refractivity contribution in [1.29, 1.82) is 0 Å². The Balaban J connectivity index is 1.83. The third-order valence-corrected chi connectivity index (χ3v) is 4.68. The minimum Gasteiger partial charge on any atom is -0.496 e. The number of hydrogen-bond acceptors (Lipinski definition) is 5. The number of nitrogens with one attached hydrogen (secondary N) is 2. The first-order chi connectivity index (χ1) is 13.4. The highest BCUT2D eigenvalue weighted by Crippen LogP contribution is 2.26. The summed E-state index contributed by atoms with van der Waals surface area (Å²) < 4.78 is 6.72. The van der Waals surface area contributed by atoms with Crippen LogP contribution in [0.25, 0.3) is 5.95 Å². The lowest BCUT2D eigenvalue weighted by molar-refractivity contribution is 0.0950. The molecule has 1 amide bonds. The van der Waals surface area contributed by atoms with Crippen LogP contribution in [-0.4, -0.2) is 32.8 Å². The zero-order chi connectivity index (χ0) is 20.3. The lowest BCUT2D eigenvalue weighted by Gasteiger charge is -2.11. The second-order valence-corrected chi connectivity index (χ2v) is 6.48. The van der Waals surface area contributed by atoms with E-state index in [1.807, 2.05) is 6.92 Å².